The molecule has 1 rings (SSSR count). The van der Waals surface area contributed by atoms with Crippen molar-refractivity contribution in [3.05, 3.63) is 33.9 Å². The van der Waals surface area contributed by atoms with Gasteiger partial charge in [0, 0.05) is 32.0 Å². The molecule has 0 bridgehead atoms. The summed E-state index contributed by atoms with van der Waals surface area (Å²) in [4.78, 5) is 10.4. The molecule has 104 valence electrons. The summed E-state index contributed by atoms with van der Waals surface area (Å²) in [6.45, 7) is 3.03. The van der Waals surface area contributed by atoms with Crippen molar-refractivity contribution in [2.24, 2.45) is 0 Å². The average Bonchev–Trinajstić information content (AvgIpc) is 2.37. The molecule has 1 aromatic carbocycles. The van der Waals surface area contributed by atoms with Crippen molar-refractivity contribution >= 4 is 28.7 Å². The van der Waals surface area contributed by atoms with Gasteiger partial charge >= 0.3 is 0 Å². The van der Waals surface area contributed by atoms with Gasteiger partial charge in [-0.25, -0.2) is 0 Å². The number of thiocarbonyl (C=S) groups is 1. The van der Waals surface area contributed by atoms with Gasteiger partial charge in [0.25, 0.3) is 5.69 Å². The van der Waals surface area contributed by atoms with Gasteiger partial charge in [0.2, 0.25) is 0 Å². The molecule has 7 heteroatoms. The molecule has 0 saturated heterocycles. The third-order valence-corrected chi connectivity index (χ3v) is 2.81. The standard InChI is InChI=1S/C12H17N3O3S/c1-9-10(5-3-6-11(9)15(16)17)14-12(19)13-7-4-8-18-2/h3,5-6H,4,7-8H2,1-2H3,(H2,13,14,19). The van der Waals surface area contributed by atoms with Crippen molar-refractivity contribution in [3.8, 4) is 0 Å². The third-order valence-electron chi connectivity index (χ3n) is 2.56. The first-order valence-corrected chi connectivity index (χ1v) is 6.25. The van der Waals surface area contributed by atoms with Crippen LogP contribution in [-0.2, 0) is 4.74 Å². The molecule has 1 aromatic rings. The average molecular weight is 283 g/mol. The predicted octanol–water partition coefficient (Wildman–Crippen LogP) is 2.23. The number of nitro benzene ring substituents is 1. The van der Waals surface area contributed by atoms with Crippen molar-refractivity contribution in [2.75, 3.05) is 25.6 Å². The minimum atomic E-state index is -0.407. The van der Waals surface area contributed by atoms with E-state index in [1.165, 1.54) is 6.07 Å². The highest BCUT2D eigenvalue weighted by molar-refractivity contribution is 7.80. The van der Waals surface area contributed by atoms with Crippen LogP contribution < -0.4 is 10.6 Å². The Labute approximate surface area is 117 Å². The van der Waals surface area contributed by atoms with Crippen LogP contribution >= 0.6 is 12.2 Å². The molecule has 0 aliphatic rings. The van der Waals surface area contributed by atoms with Gasteiger partial charge in [-0.3, -0.25) is 10.1 Å². The number of nitro groups is 1. The first kappa shape index (κ1) is 15.3. The maximum absolute atomic E-state index is 10.8. The molecule has 0 amide bonds. The molecule has 0 unspecified atom stereocenters. The molecule has 0 heterocycles. The van der Waals surface area contributed by atoms with Crippen LogP contribution in [0.25, 0.3) is 0 Å². The maximum Gasteiger partial charge on any atom is 0.274 e. The summed E-state index contributed by atoms with van der Waals surface area (Å²) in [5.74, 6) is 0. The van der Waals surface area contributed by atoms with Crippen LogP contribution in [0.2, 0.25) is 0 Å². The molecule has 2 N–H and O–H groups in total. The summed E-state index contributed by atoms with van der Waals surface area (Å²) in [7, 11) is 1.64. The van der Waals surface area contributed by atoms with Crippen molar-refractivity contribution in [1.29, 1.82) is 0 Å². The third kappa shape index (κ3) is 4.80. The van der Waals surface area contributed by atoms with E-state index in [0.717, 1.165) is 6.42 Å². The maximum atomic E-state index is 10.8. The van der Waals surface area contributed by atoms with Gasteiger partial charge in [-0.05, 0) is 31.6 Å². The van der Waals surface area contributed by atoms with Gasteiger partial charge in [-0.15, -0.1) is 0 Å². The zero-order chi connectivity index (χ0) is 14.3. The highest BCUT2D eigenvalue weighted by Gasteiger charge is 2.13. The number of ether oxygens (including phenoxy) is 1. The number of hydrogen-bond donors (Lipinski definition) is 2. The number of benzene rings is 1. The number of rotatable bonds is 6. The van der Waals surface area contributed by atoms with Crippen LogP contribution in [0.1, 0.15) is 12.0 Å². The van der Waals surface area contributed by atoms with E-state index >= 15 is 0 Å². The van der Waals surface area contributed by atoms with Gasteiger partial charge in [0.1, 0.15) is 0 Å². The van der Waals surface area contributed by atoms with E-state index < -0.39 is 4.92 Å². The van der Waals surface area contributed by atoms with Crippen molar-refractivity contribution in [1.82, 2.24) is 5.32 Å². The Morgan fingerprint density at radius 2 is 2.26 bits per heavy atom. The molecule has 0 aromatic heterocycles. The second kappa shape index (κ2) is 7.65. The number of nitrogens with zero attached hydrogens (tertiary/aromatic N) is 1. The monoisotopic (exact) mass is 283 g/mol. The van der Waals surface area contributed by atoms with Gasteiger partial charge < -0.3 is 15.4 Å². The quantitative estimate of drug-likeness (QED) is 0.361. The van der Waals surface area contributed by atoms with E-state index in [-0.39, 0.29) is 5.69 Å². The Bertz CT molecular complexity index is 466. The summed E-state index contributed by atoms with van der Waals surface area (Å²) in [5.41, 5.74) is 1.28. The fourth-order valence-electron chi connectivity index (χ4n) is 1.54. The van der Waals surface area contributed by atoms with Crippen LogP contribution in [0.4, 0.5) is 11.4 Å². The first-order valence-electron chi connectivity index (χ1n) is 5.84. The molecular formula is C12H17N3O3S. The second-order valence-electron chi connectivity index (χ2n) is 3.93. The zero-order valence-electron chi connectivity index (χ0n) is 10.9. The summed E-state index contributed by atoms with van der Waals surface area (Å²) < 4.78 is 4.92. The van der Waals surface area contributed by atoms with Gasteiger partial charge in [0.05, 0.1) is 10.5 Å². The highest BCUT2D eigenvalue weighted by Crippen LogP contribution is 2.24. The fraction of sp³-hybridized carbons (Fsp3) is 0.417. The molecule has 0 radical (unpaired) electrons. The minimum absolute atomic E-state index is 0.0761. The molecule has 0 aliphatic heterocycles. The lowest BCUT2D eigenvalue weighted by molar-refractivity contribution is -0.385. The molecule has 19 heavy (non-hydrogen) atoms. The van der Waals surface area contributed by atoms with Crippen LogP contribution in [0.15, 0.2) is 18.2 Å². The largest absolute Gasteiger partial charge is 0.385 e. The Morgan fingerprint density at radius 1 is 1.53 bits per heavy atom. The summed E-state index contributed by atoms with van der Waals surface area (Å²) in [6, 6.07) is 4.85. The van der Waals surface area contributed by atoms with E-state index in [9.17, 15) is 10.1 Å². The van der Waals surface area contributed by atoms with Gasteiger partial charge in [-0.2, -0.15) is 0 Å². The van der Waals surface area contributed by atoms with E-state index in [1.807, 2.05) is 0 Å². The van der Waals surface area contributed by atoms with Crippen LogP contribution in [-0.4, -0.2) is 30.3 Å². The van der Waals surface area contributed by atoms with Crippen LogP contribution in [0.5, 0.6) is 0 Å². The number of hydrogen-bond acceptors (Lipinski definition) is 4. The molecule has 0 fully saturated rings. The molecule has 0 spiro atoms. The summed E-state index contributed by atoms with van der Waals surface area (Å²) in [5, 5.41) is 17.2. The zero-order valence-corrected chi connectivity index (χ0v) is 11.8. The fourth-order valence-corrected chi connectivity index (χ4v) is 1.75. The van der Waals surface area contributed by atoms with Crippen molar-refractivity contribution in [2.45, 2.75) is 13.3 Å². The molecule has 0 aliphatic carbocycles. The lowest BCUT2D eigenvalue weighted by Gasteiger charge is -2.12. The minimum Gasteiger partial charge on any atom is -0.385 e. The van der Waals surface area contributed by atoms with E-state index in [2.05, 4.69) is 10.6 Å². The smallest absolute Gasteiger partial charge is 0.274 e. The molecular weight excluding hydrogens is 266 g/mol. The van der Waals surface area contributed by atoms with Crippen molar-refractivity contribution < 1.29 is 9.66 Å². The Balaban J connectivity index is 2.59. The van der Waals surface area contributed by atoms with Gasteiger partial charge in [0.15, 0.2) is 5.11 Å². The molecule has 6 nitrogen and oxygen atoms in total. The summed E-state index contributed by atoms with van der Waals surface area (Å²) >= 11 is 5.12. The van der Waals surface area contributed by atoms with Crippen molar-refractivity contribution in [3.63, 3.8) is 0 Å². The Kier molecular flexibility index (Phi) is 6.17. The van der Waals surface area contributed by atoms with Crippen LogP contribution in [0, 0.1) is 17.0 Å². The Morgan fingerprint density at radius 3 is 2.89 bits per heavy atom. The number of nitrogens with one attached hydrogen (secondary N) is 2. The van der Waals surface area contributed by atoms with Crippen LogP contribution in [0.3, 0.4) is 0 Å². The first-order chi connectivity index (χ1) is 9.06. The van der Waals surface area contributed by atoms with E-state index in [4.69, 9.17) is 17.0 Å². The SMILES string of the molecule is COCCCNC(=S)Nc1cccc([N+](=O)[O-])c1C. The van der Waals surface area contributed by atoms with Gasteiger partial charge in [-0.1, -0.05) is 6.07 Å². The molecule has 0 saturated carbocycles. The molecule has 0 atom stereocenters. The lowest BCUT2D eigenvalue weighted by Crippen LogP contribution is -2.30. The second-order valence-corrected chi connectivity index (χ2v) is 4.34. The topological polar surface area (TPSA) is 76.4 Å². The predicted molar refractivity (Wildman–Crippen MR) is 78.5 cm³/mol. The number of methoxy groups -OCH3 is 1. The van der Waals surface area contributed by atoms with E-state index in [1.54, 1.807) is 26.2 Å². The lowest BCUT2D eigenvalue weighted by atomic mass is 10.1. The number of anilines is 1. The summed E-state index contributed by atoms with van der Waals surface area (Å²) in [6.07, 6.45) is 0.840. The highest BCUT2D eigenvalue weighted by atomic mass is 32.1. The normalized spacial score (nSPS) is 10.0. The van der Waals surface area contributed by atoms with E-state index in [0.29, 0.717) is 29.5 Å². The Hall–Kier alpha value is -1.73.